The molecule has 110 valence electrons. The number of carbonyl (C=O) groups is 1. The summed E-state index contributed by atoms with van der Waals surface area (Å²) in [4.78, 5) is 11.9. The van der Waals surface area contributed by atoms with Gasteiger partial charge in [-0.15, -0.1) is 0 Å². The average molecular weight is 335 g/mol. The van der Waals surface area contributed by atoms with Crippen LogP contribution in [0.25, 0.3) is 5.69 Å². The minimum atomic E-state index is -0.742. The molecule has 0 aliphatic rings. The van der Waals surface area contributed by atoms with Gasteiger partial charge in [0.05, 0.1) is 39.7 Å². The van der Waals surface area contributed by atoms with Crippen LogP contribution in [0.4, 0.5) is 5.69 Å². The molecule has 0 unspecified atom stereocenters. The van der Waals surface area contributed by atoms with E-state index in [0.717, 1.165) is 0 Å². The van der Waals surface area contributed by atoms with Crippen LogP contribution in [0.1, 0.15) is 21.6 Å². The van der Waals surface area contributed by atoms with E-state index in [1.165, 1.54) is 30.0 Å². The molecule has 0 bridgehead atoms. The fourth-order valence-electron chi connectivity index (χ4n) is 1.93. The predicted molar refractivity (Wildman–Crippen MR) is 81.0 cm³/mol. The molecule has 0 saturated heterocycles. The fourth-order valence-corrected chi connectivity index (χ4v) is 2.25. The Kier molecular flexibility index (Phi) is 4.27. The summed E-state index contributed by atoms with van der Waals surface area (Å²) in [5.74, 6) is -0.742. The Morgan fingerprint density at radius 1 is 1.23 bits per heavy atom. The highest BCUT2D eigenvalue weighted by Crippen LogP contribution is 2.31. The Bertz CT molecular complexity index is 859. The van der Waals surface area contributed by atoms with Crippen LogP contribution < -0.4 is 5.73 Å². The average Bonchev–Trinajstić information content (AvgIpc) is 2.85. The van der Waals surface area contributed by atoms with Crippen LogP contribution in [0.5, 0.6) is 0 Å². The molecule has 8 heteroatoms. The van der Waals surface area contributed by atoms with Crippen LogP contribution >= 0.6 is 23.2 Å². The number of methoxy groups -OCH3 is 1. The van der Waals surface area contributed by atoms with Crippen molar-refractivity contribution in [3.63, 3.8) is 0 Å². The molecule has 2 rings (SSSR count). The second kappa shape index (κ2) is 5.98. The topological polar surface area (TPSA) is 105 Å². The highest BCUT2D eigenvalue weighted by atomic mass is 35.5. The number of aromatic nitrogens is 1. The number of nitrogens with two attached hydrogens (primary N) is 1. The Labute approximate surface area is 135 Å². The minimum absolute atomic E-state index is 0.0377. The smallest absolute Gasteiger partial charge is 0.357 e. The monoisotopic (exact) mass is 334 g/mol. The first-order valence-corrected chi connectivity index (χ1v) is 6.59. The molecular weight excluding hydrogens is 327 g/mol. The molecule has 6 nitrogen and oxygen atoms in total. The van der Waals surface area contributed by atoms with Gasteiger partial charge in [-0.25, -0.2) is 4.79 Å². The van der Waals surface area contributed by atoms with Gasteiger partial charge in [-0.05, 0) is 12.1 Å². The van der Waals surface area contributed by atoms with Crippen molar-refractivity contribution in [3.05, 3.63) is 45.2 Å². The summed E-state index contributed by atoms with van der Waals surface area (Å²) >= 11 is 11.9. The zero-order chi connectivity index (χ0) is 16.4. The molecule has 1 aromatic heterocycles. The normalized spacial score (nSPS) is 9.86. The van der Waals surface area contributed by atoms with Crippen LogP contribution in [0.15, 0.2) is 18.3 Å². The highest BCUT2D eigenvalue weighted by molar-refractivity contribution is 6.42. The summed E-state index contributed by atoms with van der Waals surface area (Å²) < 4.78 is 5.97. The number of rotatable bonds is 2. The number of halogens is 2. The molecule has 0 spiro atoms. The Morgan fingerprint density at radius 2 is 1.82 bits per heavy atom. The SMILES string of the molecule is COC(=O)c1c(N)c(C#N)cn1-c1cc(Cl)c(Cl)cc1C#N. The van der Waals surface area contributed by atoms with Gasteiger partial charge in [0.2, 0.25) is 0 Å². The quantitative estimate of drug-likeness (QED) is 0.850. The fraction of sp³-hybridized carbons (Fsp3) is 0.0714. The molecule has 0 fully saturated rings. The van der Waals surface area contributed by atoms with Crippen molar-refractivity contribution in [2.75, 3.05) is 12.8 Å². The summed E-state index contributed by atoms with van der Waals surface area (Å²) in [6.45, 7) is 0. The summed E-state index contributed by atoms with van der Waals surface area (Å²) in [5.41, 5.74) is 6.22. The van der Waals surface area contributed by atoms with E-state index < -0.39 is 5.97 Å². The number of ether oxygens (including phenoxy) is 1. The molecule has 0 atom stereocenters. The van der Waals surface area contributed by atoms with Crippen molar-refractivity contribution in [2.24, 2.45) is 0 Å². The Balaban J connectivity index is 2.84. The third-order valence-corrected chi connectivity index (χ3v) is 3.68. The van der Waals surface area contributed by atoms with Crippen molar-refractivity contribution in [1.82, 2.24) is 4.57 Å². The Morgan fingerprint density at radius 3 is 2.36 bits per heavy atom. The Hall–Kier alpha value is -2.67. The predicted octanol–water partition coefficient (Wildman–Crippen LogP) is 2.90. The number of esters is 1. The highest BCUT2D eigenvalue weighted by Gasteiger charge is 2.23. The van der Waals surface area contributed by atoms with Gasteiger partial charge in [0.15, 0.2) is 5.69 Å². The first-order chi connectivity index (χ1) is 10.4. The molecule has 2 N–H and O–H groups in total. The first-order valence-electron chi connectivity index (χ1n) is 5.83. The molecule has 2 aromatic rings. The molecule has 1 heterocycles. The van der Waals surface area contributed by atoms with E-state index in [0.29, 0.717) is 0 Å². The number of hydrogen-bond donors (Lipinski definition) is 1. The van der Waals surface area contributed by atoms with Crippen LogP contribution in [0.2, 0.25) is 10.0 Å². The van der Waals surface area contributed by atoms with Gasteiger partial charge >= 0.3 is 5.97 Å². The van der Waals surface area contributed by atoms with E-state index in [4.69, 9.17) is 34.2 Å². The van der Waals surface area contributed by atoms with Gasteiger partial charge < -0.3 is 15.0 Å². The molecular formula is C14H8Cl2N4O2. The maximum Gasteiger partial charge on any atom is 0.357 e. The van der Waals surface area contributed by atoms with Crippen molar-refractivity contribution in [1.29, 1.82) is 10.5 Å². The molecule has 0 radical (unpaired) electrons. The molecule has 1 aromatic carbocycles. The number of nitriles is 2. The van der Waals surface area contributed by atoms with Crippen molar-refractivity contribution in [2.45, 2.75) is 0 Å². The summed E-state index contributed by atoms with van der Waals surface area (Å²) in [6, 6.07) is 6.60. The number of benzene rings is 1. The van der Waals surface area contributed by atoms with E-state index >= 15 is 0 Å². The van der Waals surface area contributed by atoms with Gasteiger partial charge in [-0.2, -0.15) is 10.5 Å². The largest absolute Gasteiger partial charge is 0.464 e. The third kappa shape index (κ3) is 2.46. The molecule has 0 aliphatic heterocycles. The molecule has 0 amide bonds. The number of carbonyl (C=O) groups excluding carboxylic acids is 1. The number of hydrogen-bond acceptors (Lipinski definition) is 5. The third-order valence-electron chi connectivity index (χ3n) is 2.96. The van der Waals surface area contributed by atoms with Crippen LogP contribution in [-0.4, -0.2) is 17.6 Å². The maximum absolute atomic E-state index is 11.9. The second-order valence-corrected chi connectivity index (χ2v) is 4.99. The molecule has 0 aliphatic carbocycles. The summed E-state index contributed by atoms with van der Waals surface area (Å²) in [5, 5.41) is 18.7. The second-order valence-electron chi connectivity index (χ2n) is 4.17. The zero-order valence-electron chi connectivity index (χ0n) is 11.2. The molecule has 0 saturated carbocycles. The van der Waals surface area contributed by atoms with Gasteiger partial charge in [-0.3, -0.25) is 0 Å². The standard InChI is InChI=1S/C14H8Cl2N4O2/c1-22-14(21)13-12(19)8(5-18)6-20(13)11-3-10(16)9(15)2-7(11)4-17/h2-3,6H,19H2,1H3. The van der Waals surface area contributed by atoms with E-state index in [1.54, 1.807) is 0 Å². The summed E-state index contributed by atoms with van der Waals surface area (Å²) in [6.07, 6.45) is 1.34. The lowest BCUT2D eigenvalue weighted by Gasteiger charge is -2.11. The lowest BCUT2D eigenvalue weighted by molar-refractivity contribution is 0.0593. The van der Waals surface area contributed by atoms with Crippen LogP contribution in [0.3, 0.4) is 0 Å². The number of anilines is 1. The van der Waals surface area contributed by atoms with E-state index in [9.17, 15) is 10.1 Å². The zero-order valence-corrected chi connectivity index (χ0v) is 12.7. The number of nitrogen functional groups attached to an aromatic ring is 1. The van der Waals surface area contributed by atoms with Gasteiger partial charge in [0.25, 0.3) is 0 Å². The van der Waals surface area contributed by atoms with Gasteiger partial charge in [0, 0.05) is 6.20 Å². The van der Waals surface area contributed by atoms with E-state index in [1.807, 2.05) is 12.1 Å². The van der Waals surface area contributed by atoms with Crippen molar-refractivity contribution in [3.8, 4) is 17.8 Å². The van der Waals surface area contributed by atoms with Crippen molar-refractivity contribution < 1.29 is 9.53 Å². The lowest BCUT2D eigenvalue weighted by atomic mass is 10.2. The van der Waals surface area contributed by atoms with E-state index in [2.05, 4.69) is 4.74 Å². The number of nitrogens with zero attached hydrogens (tertiary/aromatic N) is 3. The minimum Gasteiger partial charge on any atom is -0.464 e. The van der Waals surface area contributed by atoms with Gasteiger partial charge in [0.1, 0.15) is 12.1 Å². The van der Waals surface area contributed by atoms with E-state index in [-0.39, 0.29) is 38.2 Å². The van der Waals surface area contributed by atoms with Crippen molar-refractivity contribution >= 4 is 34.9 Å². The van der Waals surface area contributed by atoms with Crippen LogP contribution in [0, 0.1) is 22.7 Å². The lowest BCUT2D eigenvalue weighted by Crippen LogP contribution is -2.12. The van der Waals surface area contributed by atoms with Crippen LogP contribution in [-0.2, 0) is 4.74 Å². The molecule has 22 heavy (non-hydrogen) atoms. The first kappa shape index (κ1) is 15.7. The summed E-state index contributed by atoms with van der Waals surface area (Å²) in [7, 11) is 1.19. The maximum atomic E-state index is 11.9. The van der Waals surface area contributed by atoms with Gasteiger partial charge in [-0.1, -0.05) is 23.2 Å².